The van der Waals surface area contributed by atoms with Crippen LogP contribution < -0.4 is 11.1 Å². The van der Waals surface area contributed by atoms with Crippen molar-refractivity contribution in [3.63, 3.8) is 0 Å². The maximum Gasteiger partial charge on any atom is 0.210 e. The first-order valence-corrected chi connectivity index (χ1v) is 3.19. The number of methoxy groups -OCH3 is 1. The quantitative estimate of drug-likeness (QED) is 0.551. The largest absolute Gasteiger partial charge is 0.481 e. The first-order chi connectivity index (χ1) is 4.74. The monoisotopic (exact) mass is 140 g/mol. The third-order valence-corrected chi connectivity index (χ3v) is 1.40. The number of dihydropyridines is 1. The van der Waals surface area contributed by atoms with E-state index in [1.54, 1.807) is 7.11 Å². The van der Waals surface area contributed by atoms with Gasteiger partial charge in [0.25, 0.3) is 0 Å². The van der Waals surface area contributed by atoms with Crippen LogP contribution in [0.2, 0.25) is 0 Å². The van der Waals surface area contributed by atoms with Crippen molar-refractivity contribution in [1.82, 2.24) is 5.32 Å². The summed E-state index contributed by atoms with van der Waals surface area (Å²) in [6.45, 7) is 2.84. The second-order valence-electron chi connectivity index (χ2n) is 2.33. The number of ether oxygens (including phenoxy) is 1. The van der Waals surface area contributed by atoms with Crippen LogP contribution >= 0.6 is 0 Å². The summed E-state index contributed by atoms with van der Waals surface area (Å²) in [5.41, 5.74) is 7.49. The van der Waals surface area contributed by atoms with Crippen molar-refractivity contribution in [2.45, 2.75) is 6.92 Å². The van der Waals surface area contributed by atoms with Crippen molar-refractivity contribution < 1.29 is 4.74 Å². The SMILES string of the molecule is COC1=C(N)C=C(C)CN1. The molecule has 0 amide bonds. The molecule has 0 aromatic heterocycles. The molecule has 3 N–H and O–H groups in total. The fourth-order valence-electron chi connectivity index (χ4n) is 0.894. The van der Waals surface area contributed by atoms with Crippen molar-refractivity contribution in [3.8, 4) is 0 Å². The summed E-state index contributed by atoms with van der Waals surface area (Å²) >= 11 is 0. The topological polar surface area (TPSA) is 47.3 Å². The zero-order valence-corrected chi connectivity index (χ0v) is 6.27. The maximum absolute atomic E-state index is 5.60. The van der Waals surface area contributed by atoms with E-state index in [9.17, 15) is 0 Å². The molecular weight excluding hydrogens is 128 g/mol. The average Bonchev–Trinajstić information content (AvgIpc) is 1.88. The highest BCUT2D eigenvalue weighted by molar-refractivity contribution is 5.27. The van der Waals surface area contributed by atoms with Gasteiger partial charge in [-0.1, -0.05) is 5.57 Å². The summed E-state index contributed by atoms with van der Waals surface area (Å²) in [5.74, 6) is 0.672. The molecule has 0 aromatic rings. The molecule has 56 valence electrons. The van der Waals surface area contributed by atoms with Gasteiger partial charge in [0.05, 0.1) is 12.8 Å². The zero-order chi connectivity index (χ0) is 7.56. The Balaban J connectivity index is 2.80. The van der Waals surface area contributed by atoms with E-state index in [-0.39, 0.29) is 0 Å². The Hall–Kier alpha value is -1.12. The molecule has 1 heterocycles. The molecule has 1 rings (SSSR count). The standard InChI is InChI=1S/C7H12N2O/c1-5-3-6(8)7(10-2)9-4-5/h3,9H,4,8H2,1-2H3. The maximum atomic E-state index is 5.60. The normalized spacial score (nSPS) is 18.0. The molecule has 3 heteroatoms. The van der Waals surface area contributed by atoms with E-state index in [1.165, 1.54) is 5.57 Å². The molecule has 0 radical (unpaired) electrons. The van der Waals surface area contributed by atoms with E-state index >= 15 is 0 Å². The first-order valence-electron chi connectivity index (χ1n) is 3.19. The number of hydrogen-bond donors (Lipinski definition) is 2. The molecule has 0 aliphatic carbocycles. The molecule has 0 aromatic carbocycles. The van der Waals surface area contributed by atoms with E-state index in [4.69, 9.17) is 10.5 Å². The molecule has 0 saturated carbocycles. The average molecular weight is 140 g/mol. The van der Waals surface area contributed by atoms with E-state index in [2.05, 4.69) is 5.32 Å². The molecule has 0 spiro atoms. The number of allylic oxidation sites excluding steroid dienone is 1. The third-order valence-electron chi connectivity index (χ3n) is 1.40. The Morgan fingerprint density at radius 3 is 2.90 bits per heavy atom. The number of rotatable bonds is 1. The molecule has 0 unspecified atom stereocenters. The van der Waals surface area contributed by atoms with Crippen LogP contribution in [-0.2, 0) is 4.74 Å². The van der Waals surface area contributed by atoms with Crippen LogP contribution in [0.3, 0.4) is 0 Å². The Morgan fingerprint density at radius 2 is 2.40 bits per heavy atom. The minimum absolute atomic E-state index is 0.672. The lowest BCUT2D eigenvalue weighted by atomic mass is 10.2. The van der Waals surface area contributed by atoms with Crippen molar-refractivity contribution in [2.24, 2.45) is 5.73 Å². The second kappa shape index (κ2) is 2.64. The fourth-order valence-corrected chi connectivity index (χ4v) is 0.894. The van der Waals surface area contributed by atoms with Crippen LogP contribution in [0.5, 0.6) is 0 Å². The fraction of sp³-hybridized carbons (Fsp3) is 0.429. The summed E-state index contributed by atoms with van der Waals surface area (Å²) in [5, 5.41) is 3.03. The second-order valence-corrected chi connectivity index (χ2v) is 2.33. The molecule has 0 atom stereocenters. The lowest BCUT2D eigenvalue weighted by Crippen LogP contribution is -2.24. The van der Waals surface area contributed by atoms with Crippen LogP contribution in [0.4, 0.5) is 0 Å². The van der Waals surface area contributed by atoms with Crippen LogP contribution in [0, 0.1) is 0 Å². The number of nitrogens with two attached hydrogens (primary N) is 1. The van der Waals surface area contributed by atoms with Crippen molar-refractivity contribution in [3.05, 3.63) is 23.2 Å². The lowest BCUT2D eigenvalue weighted by Gasteiger charge is -2.16. The van der Waals surface area contributed by atoms with Gasteiger partial charge in [0.2, 0.25) is 5.88 Å². The first kappa shape index (κ1) is 6.99. The van der Waals surface area contributed by atoms with E-state index in [0.29, 0.717) is 11.6 Å². The van der Waals surface area contributed by atoms with Gasteiger partial charge in [-0.15, -0.1) is 0 Å². The molecule has 1 aliphatic rings. The Labute approximate surface area is 60.5 Å². The van der Waals surface area contributed by atoms with E-state index in [1.807, 2.05) is 13.0 Å². The van der Waals surface area contributed by atoms with Gasteiger partial charge >= 0.3 is 0 Å². The Bertz CT molecular complexity index is 194. The van der Waals surface area contributed by atoms with Crippen LogP contribution in [0.15, 0.2) is 23.2 Å². The number of nitrogens with one attached hydrogen (secondary N) is 1. The highest BCUT2D eigenvalue weighted by Gasteiger charge is 2.06. The highest BCUT2D eigenvalue weighted by atomic mass is 16.5. The van der Waals surface area contributed by atoms with E-state index in [0.717, 1.165) is 6.54 Å². The number of hydrogen-bond acceptors (Lipinski definition) is 3. The lowest BCUT2D eigenvalue weighted by molar-refractivity contribution is 0.258. The van der Waals surface area contributed by atoms with Gasteiger partial charge in [-0.2, -0.15) is 0 Å². The van der Waals surface area contributed by atoms with Gasteiger partial charge in [0, 0.05) is 6.54 Å². The summed E-state index contributed by atoms with van der Waals surface area (Å²) in [6, 6.07) is 0. The van der Waals surface area contributed by atoms with Gasteiger partial charge in [-0.3, -0.25) is 0 Å². The van der Waals surface area contributed by atoms with Gasteiger partial charge < -0.3 is 15.8 Å². The Kier molecular flexibility index (Phi) is 1.85. The van der Waals surface area contributed by atoms with E-state index < -0.39 is 0 Å². The third kappa shape index (κ3) is 1.23. The van der Waals surface area contributed by atoms with Crippen LogP contribution in [0.25, 0.3) is 0 Å². The van der Waals surface area contributed by atoms with Gasteiger partial charge in [-0.05, 0) is 13.0 Å². The summed E-state index contributed by atoms with van der Waals surface area (Å²) < 4.78 is 4.95. The van der Waals surface area contributed by atoms with Crippen molar-refractivity contribution >= 4 is 0 Å². The van der Waals surface area contributed by atoms with Gasteiger partial charge in [-0.25, -0.2) is 0 Å². The molecular formula is C7H12N2O. The molecule has 0 fully saturated rings. The molecule has 3 nitrogen and oxygen atoms in total. The zero-order valence-electron chi connectivity index (χ0n) is 6.27. The predicted molar refractivity (Wildman–Crippen MR) is 40.0 cm³/mol. The van der Waals surface area contributed by atoms with Gasteiger partial charge in [0.1, 0.15) is 0 Å². The van der Waals surface area contributed by atoms with Crippen LogP contribution in [-0.4, -0.2) is 13.7 Å². The smallest absolute Gasteiger partial charge is 0.210 e. The minimum atomic E-state index is 0.672. The summed E-state index contributed by atoms with van der Waals surface area (Å²) in [4.78, 5) is 0. The molecule has 10 heavy (non-hydrogen) atoms. The molecule has 1 aliphatic heterocycles. The van der Waals surface area contributed by atoms with Crippen molar-refractivity contribution in [1.29, 1.82) is 0 Å². The summed E-state index contributed by atoms with van der Waals surface area (Å²) in [7, 11) is 1.60. The van der Waals surface area contributed by atoms with Gasteiger partial charge in [0.15, 0.2) is 0 Å². The highest BCUT2D eigenvalue weighted by Crippen LogP contribution is 2.07. The summed E-state index contributed by atoms with van der Waals surface area (Å²) in [6.07, 6.45) is 1.91. The predicted octanol–water partition coefficient (Wildman–Crippen LogP) is 0.310. The van der Waals surface area contributed by atoms with Crippen LogP contribution in [0.1, 0.15) is 6.92 Å². The molecule has 0 bridgehead atoms. The van der Waals surface area contributed by atoms with Crippen molar-refractivity contribution in [2.75, 3.05) is 13.7 Å². The minimum Gasteiger partial charge on any atom is -0.481 e. The molecule has 0 saturated heterocycles. The Morgan fingerprint density at radius 1 is 1.70 bits per heavy atom.